The highest BCUT2D eigenvalue weighted by Gasteiger charge is 2.26. The number of aromatic carboxylic acids is 1. The Morgan fingerprint density at radius 1 is 1.29 bits per heavy atom. The molecule has 0 atom stereocenters. The topological polar surface area (TPSA) is 57.6 Å². The molecule has 1 aliphatic rings. The Labute approximate surface area is 130 Å². The van der Waals surface area contributed by atoms with E-state index >= 15 is 0 Å². The summed E-state index contributed by atoms with van der Waals surface area (Å²) < 4.78 is 0. The molecular formula is C15H12ClNO3S. The molecule has 4 nitrogen and oxygen atoms in total. The van der Waals surface area contributed by atoms with Crippen molar-refractivity contribution in [3.8, 4) is 0 Å². The van der Waals surface area contributed by atoms with Gasteiger partial charge in [0.2, 0.25) is 0 Å². The number of hydrogen-bond donors (Lipinski definition) is 1. The van der Waals surface area contributed by atoms with Gasteiger partial charge >= 0.3 is 5.97 Å². The summed E-state index contributed by atoms with van der Waals surface area (Å²) in [7, 11) is 0. The molecule has 0 spiro atoms. The number of carbonyl (C=O) groups excluding carboxylic acids is 1. The summed E-state index contributed by atoms with van der Waals surface area (Å²) in [6.07, 6.45) is 0.548. The van der Waals surface area contributed by atoms with Gasteiger partial charge in [-0.15, -0.1) is 11.3 Å². The van der Waals surface area contributed by atoms with E-state index in [-0.39, 0.29) is 5.91 Å². The van der Waals surface area contributed by atoms with Crippen molar-refractivity contribution in [2.24, 2.45) is 0 Å². The SMILES string of the molecule is O=C(O)c1cccc2c1CCN(C(=O)c1sccc1Cl)C2. The van der Waals surface area contributed by atoms with Crippen LogP contribution in [0.25, 0.3) is 0 Å². The fourth-order valence-electron chi connectivity index (χ4n) is 2.57. The number of nitrogens with zero attached hydrogens (tertiary/aromatic N) is 1. The van der Waals surface area contributed by atoms with Gasteiger partial charge in [0.15, 0.2) is 0 Å². The van der Waals surface area contributed by atoms with Crippen LogP contribution in [-0.4, -0.2) is 28.4 Å². The Kier molecular flexibility index (Phi) is 3.69. The van der Waals surface area contributed by atoms with Crippen molar-refractivity contribution in [1.29, 1.82) is 0 Å². The summed E-state index contributed by atoms with van der Waals surface area (Å²) in [6.45, 7) is 0.924. The number of carbonyl (C=O) groups is 2. The molecule has 108 valence electrons. The molecule has 1 amide bonds. The van der Waals surface area contributed by atoms with Crippen molar-refractivity contribution in [2.75, 3.05) is 6.54 Å². The number of rotatable bonds is 2. The van der Waals surface area contributed by atoms with Crippen molar-refractivity contribution in [1.82, 2.24) is 4.90 Å². The zero-order valence-electron chi connectivity index (χ0n) is 11.0. The third-order valence-electron chi connectivity index (χ3n) is 3.60. The van der Waals surface area contributed by atoms with E-state index in [1.54, 1.807) is 28.5 Å². The number of halogens is 1. The maximum Gasteiger partial charge on any atom is 0.335 e. The lowest BCUT2D eigenvalue weighted by molar-refractivity contribution is 0.0694. The Morgan fingerprint density at radius 3 is 2.76 bits per heavy atom. The van der Waals surface area contributed by atoms with Crippen LogP contribution >= 0.6 is 22.9 Å². The predicted octanol–water partition coefficient (Wildman–Crippen LogP) is 3.30. The third-order valence-corrected chi connectivity index (χ3v) is 4.92. The summed E-state index contributed by atoms with van der Waals surface area (Å²) in [5.41, 5.74) is 2.04. The van der Waals surface area contributed by atoms with Crippen LogP contribution in [-0.2, 0) is 13.0 Å². The molecule has 2 heterocycles. The van der Waals surface area contributed by atoms with Gasteiger partial charge in [0.1, 0.15) is 4.88 Å². The first-order valence-electron chi connectivity index (χ1n) is 6.44. The second-order valence-corrected chi connectivity index (χ2v) is 6.15. The third kappa shape index (κ3) is 2.54. The number of amides is 1. The minimum absolute atomic E-state index is 0.0959. The lowest BCUT2D eigenvalue weighted by Crippen LogP contribution is -2.36. The lowest BCUT2D eigenvalue weighted by atomic mass is 9.94. The van der Waals surface area contributed by atoms with Gasteiger partial charge in [0.25, 0.3) is 5.91 Å². The number of carboxylic acid groups (broad SMARTS) is 1. The minimum atomic E-state index is -0.923. The van der Waals surface area contributed by atoms with Crippen molar-refractivity contribution < 1.29 is 14.7 Å². The van der Waals surface area contributed by atoms with E-state index in [1.165, 1.54) is 11.3 Å². The van der Waals surface area contributed by atoms with Gasteiger partial charge in [-0.05, 0) is 35.1 Å². The van der Waals surface area contributed by atoms with Crippen molar-refractivity contribution in [3.63, 3.8) is 0 Å². The van der Waals surface area contributed by atoms with E-state index in [0.717, 1.165) is 11.1 Å². The largest absolute Gasteiger partial charge is 0.478 e. The summed E-state index contributed by atoms with van der Waals surface area (Å²) in [6, 6.07) is 6.90. The van der Waals surface area contributed by atoms with Gasteiger partial charge < -0.3 is 10.0 Å². The number of hydrogen-bond acceptors (Lipinski definition) is 3. The van der Waals surface area contributed by atoms with E-state index < -0.39 is 5.97 Å². The summed E-state index contributed by atoms with van der Waals surface area (Å²) in [5, 5.41) is 11.5. The Bertz CT molecular complexity index is 725. The normalized spacial score (nSPS) is 13.9. The van der Waals surface area contributed by atoms with Crippen LogP contribution in [0.4, 0.5) is 0 Å². The van der Waals surface area contributed by atoms with Gasteiger partial charge in [-0.2, -0.15) is 0 Å². The molecule has 1 aromatic carbocycles. The second kappa shape index (κ2) is 5.50. The number of benzene rings is 1. The van der Waals surface area contributed by atoms with Crippen molar-refractivity contribution in [3.05, 3.63) is 56.2 Å². The van der Waals surface area contributed by atoms with E-state index in [9.17, 15) is 14.7 Å². The predicted molar refractivity (Wildman–Crippen MR) is 81.2 cm³/mol. The fraction of sp³-hybridized carbons (Fsp3) is 0.200. The van der Waals surface area contributed by atoms with Crippen LogP contribution in [0.2, 0.25) is 5.02 Å². The molecule has 21 heavy (non-hydrogen) atoms. The van der Waals surface area contributed by atoms with Crippen LogP contribution in [0.15, 0.2) is 29.6 Å². The monoisotopic (exact) mass is 321 g/mol. The lowest BCUT2D eigenvalue weighted by Gasteiger charge is -2.29. The van der Waals surface area contributed by atoms with Crippen LogP contribution in [0.5, 0.6) is 0 Å². The second-order valence-electron chi connectivity index (χ2n) is 4.82. The standard InChI is InChI=1S/C15H12ClNO3S/c16-12-5-7-21-13(12)14(18)17-6-4-10-9(8-17)2-1-3-11(10)15(19)20/h1-3,5,7H,4,6,8H2,(H,19,20). The number of carboxylic acids is 1. The summed E-state index contributed by atoms with van der Waals surface area (Å²) >= 11 is 7.33. The zero-order chi connectivity index (χ0) is 15.0. The molecule has 0 fully saturated rings. The van der Waals surface area contributed by atoms with Gasteiger partial charge in [0.05, 0.1) is 10.6 Å². The first-order chi connectivity index (χ1) is 10.1. The molecule has 1 aromatic heterocycles. The molecule has 0 aliphatic carbocycles. The fourth-order valence-corrected chi connectivity index (χ4v) is 3.68. The quantitative estimate of drug-likeness (QED) is 0.923. The van der Waals surface area contributed by atoms with Gasteiger partial charge in [-0.3, -0.25) is 4.79 Å². The Morgan fingerprint density at radius 2 is 2.10 bits per heavy atom. The molecule has 0 saturated heterocycles. The van der Waals surface area contributed by atoms with Crippen LogP contribution in [0.3, 0.4) is 0 Å². The molecule has 3 rings (SSSR count). The van der Waals surface area contributed by atoms with Gasteiger partial charge in [-0.25, -0.2) is 4.79 Å². The Hall–Kier alpha value is -1.85. The maximum absolute atomic E-state index is 12.4. The van der Waals surface area contributed by atoms with Crippen molar-refractivity contribution >= 4 is 34.8 Å². The first-order valence-corrected chi connectivity index (χ1v) is 7.70. The summed E-state index contributed by atoms with van der Waals surface area (Å²) in [4.78, 5) is 25.9. The molecule has 6 heteroatoms. The van der Waals surface area contributed by atoms with Crippen LogP contribution in [0.1, 0.15) is 31.2 Å². The molecular weight excluding hydrogens is 310 g/mol. The van der Waals surface area contributed by atoms with Crippen LogP contribution < -0.4 is 0 Å². The molecule has 2 aromatic rings. The highest BCUT2D eigenvalue weighted by molar-refractivity contribution is 7.12. The van der Waals surface area contributed by atoms with E-state index in [2.05, 4.69) is 0 Å². The molecule has 0 saturated carbocycles. The highest BCUT2D eigenvalue weighted by atomic mass is 35.5. The van der Waals surface area contributed by atoms with Gasteiger partial charge in [-0.1, -0.05) is 23.7 Å². The minimum Gasteiger partial charge on any atom is -0.478 e. The smallest absolute Gasteiger partial charge is 0.335 e. The molecule has 0 bridgehead atoms. The number of thiophene rings is 1. The highest BCUT2D eigenvalue weighted by Crippen LogP contribution is 2.28. The zero-order valence-corrected chi connectivity index (χ0v) is 12.6. The molecule has 0 unspecified atom stereocenters. The molecule has 0 radical (unpaired) electrons. The average molecular weight is 322 g/mol. The van der Waals surface area contributed by atoms with Crippen LogP contribution in [0, 0.1) is 0 Å². The average Bonchev–Trinajstić information content (AvgIpc) is 2.91. The van der Waals surface area contributed by atoms with Crippen molar-refractivity contribution in [2.45, 2.75) is 13.0 Å². The first kappa shape index (κ1) is 14.1. The van der Waals surface area contributed by atoms with Gasteiger partial charge in [0, 0.05) is 13.1 Å². The molecule has 1 aliphatic heterocycles. The molecule has 1 N–H and O–H groups in total. The van der Waals surface area contributed by atoms with E-state index in [1.807, 2.05) is 6.07 Å². The van der Waals surface area contributed by atoms with E-state index in [0.29, 0.717) is 35.0 Å². The summed E-state index contributed by atoms with van der Waals surface area (Å²) in [5.74, 6) is -1.02. The Balaban J connectivity index is 1.89. The maximum atomic E-state index is 12.4. The van der Waals surface area contributed by atoms with E-state index in [4.69, 9.17) is 11.6 Å². The number of fused-ring (bicyclic) bond motifs is 1.